The molecule has 4 unspecified atom stereocenters. The largest absolute Gasteiger partial charge is 0.310 e. The summed E-state index contributed by atoms with van der Waals surface area (Å²) in [6.45, 7) is 7.33. The van der Waals surface area contributed by atoms with E-state index >= 15 is 0 Å². The van der Waals surface area contributed by atoms with Crippen LogP contribution in [0.2, 0.25) is 0 Å². The standard InChI is InChI=1S/C17H25F2N/c1-4-20-17(13-9-8-11(2)12(3)10-13)14-6-5-7-15(18)16(14)19/h5-7,11-13,17,20H,4,8-10H2,1-3H3. The van der Waals surface area contributed by atoms with E-state index in [4.69, 9.17) is 0 Å². The first kappa shape index (κ1) is 15.4. The van der Waals surface area contributed by atoms with Crippen molar-refractivity contribution < 1.29 is 8.78 Å². The van der Waals surface area contributed by atoms with Gasteiger partial charge in [0.25, 0.3) is 0 Å². The Kier molecular flexibility index (Phi) is 5.14. The van der Waals surface area contributed by atoms with Gasteiger partial charge in [-0.3, -0.25) is 0 Å². The molecule has 3 heteroatoms. The minimum atomic E-state index is -0.748. The fraction of sp³-hybridized carbons (Fsp3) is 0.647. The van der Waals surface area contributed by atoms with Gasteiger partial charge in [-0.2, -0.15) is 0 Å². The van der Waals surface area contributed by atoms with Crippen LogP contribution in [0.15, 0.2) is 18.2 Å². The second-order valence-corrected chi connectivity index (χ2v) is 6.21. The molecule has 1 aromatic rings. The van der Waals surface area contributed by atoms with Gasteiger partial charge in [0.05, 0.1) is 0 Å². The molecule has 0 aliphatic heterocycles. The van der Waals surface area contributed by atoms with Crippen molar-refractivity contribution in [3.8, 4) is 0 Å². The molecule has 0 heterocycles. The summed E-state index contributed by atoms with van der Waals surface area (Å²) in [6.07, 6.45) is 3.33. The van der Waals surface area contributed by atoms with Crippen LogP contribution in [0, 0.1) is 29.4 Å². The van der Waals surface area contributed by atoms with Gasteiger partial charge in [-0.05, 0) is 43.2 Å². The first-order valence-corrected chi connectivity index (χ1v) is 7.71. The Bertz CT molecular complexity index is 447. The van der Waals surface area contributed by atoms with E-state index in [0.717, 1.165) is 25.3 Å². The minimum Gasteiger partial charge on any atom is -0.310 e. The van der Waals surface area contributed by atoms with Gasteiger partial charge in [-0.15, -0.1) is 0 Å². The summed E-state index contributed by atoms with van der Waals surface area (Å²) in [5.41, 5.74) is 0.485. The first-order valence-electron chi connectivity index (χ1n) is 7.71. The predicted octanol–water partition coefficient (Wildman–Crippen LogP) is 4.69. The molecule has 2 rings (SSSR count). The van der Waals surface area contributed by atoms with Crippen LogP contribution in [-0.4, -0.2) is 6.54 Å². The summed E-state index contributed by atoms with van der Waals surface area (Å²) >= 11 is 0. The number of benzene rings is 1. The summed E-state index contributed by atoms with van der Waals surface area (Å²) < 4.78 is 27.6. The Morgan fingerprint density at radius 2 is 1.95 bits per heavy atom. The van der Waals surface area contributed by atoms with Gasteiger partial charge in [0, 0.05) is 11.6 Å². The fourth-order valence-corrected chi connectivity index (χ4v) is 3.40. The van der Waals surface area contributed by atoms with Gasteiger partial charge in [0.15, 0.2) is 11.6 Å². The topological polar surface area (TPSA) is 12.0 Å². The monoisotopic (exact) mass is 281 g/mol. The third-order valence-electron chi connectivity index (χ3n) is 4.85. The van der Waals surface area contributed by atoms with E-state index in [1.807, 2.05) is 6.92 Å². The van der Waals surface area contributed by atoms with E-state index in [2.05, 4.69) is 19.2 Å². The molecule has 0 radical (unpaired) electrons. The van der Waals surface area contributed by atoms with Crippen LogP contribution in [0.3, 0.4) is 0 Å². The number of rotatable bonds is 4. The zero-order valence-corrected chi connectivity index (χ0v) is 12.6. The number of halogens is 2. The van der Waals surface area contributed by atoms with Crippen molar-refractivity contribution in [1.82, 2.24) is 5.32 Å². The molecule has 1 aromatic carbocycles. The zero-order valence-electron chi connectivity index (χ0n) is 12.6. The molecule has 1 N–H and O–H groups in total. The molecule has 0 aromatic heterocycles. The van der Waals surface area contributed by atoms with E-state index in [-0.39, 0.29) is 6.04 Å². The van der Waals surface area contributed by atoms with Crippen LogP contribution >= 0.6 is 0 Å². The van der Waals surface area contributed by atoms with Crippen LogP contribution in [0.25, 0.3) is 0 Å². The quantitative estimate of drug-likeness (QED) is 0.844. The van der Waals surface area contributed by atoms with Crippen LogP contribution < -0.4 is 5.32 Å². The van der Waals surface area contributed by atoms with E-state index in [0.29, 0.717) is 17.4 Å². The van der Waals surface area contributed by atoms with Gasteiger partial charge < -0.3 is 5.32 Å². The van der Waals surface area contributed by atoms with Crippen molar-refractivity contribution in [2.24, 2.45) is 17.8 Å². The van der Waals surface area contributed by atoms with Gasteiger partial charge in [-0.25, -0.2) is 8.78 Å². The predicted molar refractivity (Wildman–Crippen MR) is 78.4 cm³/mol. The molecule has 1 saturated carbocycles. The zero-order chi connectivity index (χ0) is 14.7. The van der Waals surface area contributed by atoms with Crippen molar-refractivity contribution in [2.45, 2.75) is 46.1 Å². The maximum Gasteiger partial charge on any atom is 0.163 e. The minimum absolute atomic E-state index is 0.0781. The Labute approximate surface area is 120 Å². The highest BCUT2D eigenvalue weighted by Crippen LogP contribution is 2.40. The van der Waals surface area contributed by atoms with Gasteiger partial charge in [-0.1, -0.05) is 39.3 Å². The summed E-state index contributed by atoms with van der Waals surface area (Å²) in [6, 6.07) is 4.43. The van der Waals surface area contributed by atoms with Crippen LogP contribution in [0.1, 0.15) is 51.6 Å². The maximum atomic E-state index is 14.1. The Balaban J connectivity index is 2.24. The molecule has 4 atom stereocenters. The van der Waals surface area contributed by atoms with Crippen molar-refractivity contribution >= 4 is 0 Å². The van der Waals surface area contributed by atoms with Crippen molar-refractivity contribution in [3.63, 3.8) is 0 Å². The maximum absolute atomic E-state index is 14.1. The first-order chi connectivity index (χ1) is 9.54. The molecule has 0 saturated heterocycles. The van der Waals surface area contributed by atoms with Crippen molar-refractivity contribution in [1.29, 1.82) is 0 Å². The molecule has 1 aliphatic rings. The lowest BCUT2D eigenvalue weighted by Gasteiger charge is -2.37. The van der Waals surface area contributed by atoms with Crippen LogP contribution in [0.4, 0.5) is 8.78 Å². The van der Waals surface area contributed by atoms with Crippen molar-refractivity contribution in [2.75, 3.05) is 6.54 Å². The third kappa shape index (κ3) is 3.20. The lowest BCUT2D eigenvalue weighted by atomic mass is 9.72. The molecule has 1 fully saturated rings. The SMILES string of the molecule is CCNC(c1cccc(F)c1F)C1CCC(C)C(C)C1. The van der Waals surface area contributed by atoms with E-state index in [1.165, 1.54) is 12.5 Å². The summed E-state index contributed by atoms with van der Waals surface area (Å²) in [7, 11) is 0. The lowest BCUT2D eigenvalue weighted by Crippen LogP contribution is -2.34. The lowest BCUT2D eigenvalue weighted by molar-refractivity contribution is 0.170. The molecule has 1 aliphatic carbocycles. The van der Waals surface area contributed by atoms with Gasteiger partial charge in [0.2, 0.25) is 0 Å². The molecule has 0 bridgehead atoms. The number of hydrogen-bond donors (Lipinski definition) is 1. The van der Waals surface area contributed by atoms with E-state index in [1.54, 1.807) is 12.1 Å². The summed E-state index contributed by atoms with van der Waals surface area (Å²) in [5.74, 6) is 0.321. The molecule has 0 amide bonds. The van der Waals surface area contributed by atoms with Crippen LogP contribution in [0.5, 0.6) is 0 Å². The average Bonchev–Trinajstić information content (AvgIpc) is 2.43. The Hall–Kier alpha value is -0.960. The molecular weight excluding hydrogens is 256 g/mol. The fourth-order valence-electron chi connectivity index (χ4n) is 3.40. The number of hydrogen-bond acceptors (Lipinski definition) is 1. The molecule has 0 spiro atoms. The van der Waals surface area contributed by atoms with E-state index < -0.39 is 11.6 Å². The third-order valence-corrected chi connectivity index (χ3v) is 4.85. The molecule has 1 nitrogen and oxygen atoms in total. The van der Waals surface area contributed by atoms with Crippen LogP contribution in [-0.2, 0) is 0 Å². The highest BCUT2D eigenvalue weighted by molar-refractivity contribution is 5.23. The highest BCUT2D eigenvalue weighted by Gasteiger charge is 2.32. The summed E-state index contributed by atoms with van der Waals surface area (Å²) in [4.78, 5) is 0. The molecule has 112 valence electrons. The normalized spacial score (nSPS) is 28.4. The highest BCUT2D eigenvalue weighted by atomic mass is 19.2. The van der Waals surface area contributed by atoms with Gasteiger partial charge >= 0.3 is 0 Å². The van der Waals surface area contributed by atoms with Gasteiger partial charge in [0.1, 0.15) is 0 Å². The molecule has 20 heavy (non-hydrogen) atoms. The van der Waals surface area contributed by atoms with Crippen molar-refractivity contribution in [3.05, 3.63) is 35.4 Å². The van der Waals surface area contributed by atoms with E-state index in [9.17, 15) is 8.78 Å². The molecular formula is C17H25F2N. The number of nitrogens with one attached hydrogen (secondary N) is 1. The second kappa shape index (κ2) is 6.66. The average molecular weight is 281 g/mol. The smallest absolute Gasteiger partial charge is 0.163 e. The Morgan fingerprint density at radius 3 is 2.60 bits per heavy atom. The Morgan fingerprint density at radius 1 is 1.20 bits per heavy atom. The summed E-state index contributed by atoms with van der Waals surface area (Å²) in [5, 5.41) is 3.37. The second-order valence-electron chi connectivity index (χ2n) is 6.21.